The van der Waals surface area contributed by atoms with E-state index >= 15 is 0 Å². The van der Waals surface area contributed by atoms with Crippen LogP contribution in [0.2, 0.25) is 10.0 Å². The van der Waals surface area contributed by atoms with Crippen molar-refractivity contribution in [3.8, 4) is 17.6 Å². The van der Waals surface area contributed by atoms with Gasteiger partial charge in [0.2, 0.25) is 0 Å². The number of hydrazone groups is 1. The zero-order chi connectivity index (χ0) is 22.1. The second kappa shape index (κ2) is 11.3. The van der Waals surface area contributed by atoms with Gasteiger partial charge >= 0.3 is 0 Å². The average Bonchev–Trinajstić information content (AvgIpc) is 2.78. The summed E-state index contributed by atoms with van der Waals surface area (Å²) in [6.45, 7) is 3.22. The minimum absolute atomic E-state index is 0.374. The third-order valence-electron chi connectivity index (χ3n) is 4.37. The zero-order valence-corrected chi connectivity index (χ0v) is 18.5. The molecule has 0 fully saturated rings. The molecule has 0 aliphatic heterocycles. The molecular weight excluding hydrogens is 433 g/mol. The van der Waals surface area contributed by atoms with Gasteiger partial charge in [0, 0.05) is 15.6 Å². The predicted octanol–water partition coefficient (Wildman–Crippen LogP) is 5.97. The average molecular weight is 454 g/mol. The minimum atomic E-state index is 0.374. The first kappa shape index (κ1) is 22.5. The summed E-state index contributed by atoms with van der Waals surface area (Å²) < 4.78 is 11.6. The molecule has 158 valence electrons. The lowest BCUT2D eigenvalue weighted by atomic mass is 10.1. The molecule has 0 radical (unpaired) electrons. The van der Waals surface area contributed by atoms with E-state index in [0.29, 0.717) is 46.9 Å². The van der Waals surface area contributed by atoms with Gasteiger partial charge in [0.15, 0.2) is 11.5 Å². The van der Waals surface area contributed by atoms with E-state index in [0.717, 1.165) is 16.7 Å². The normalized spacial score (nSPS) is 10.6. The fourth-order valence-electron chi connectivity index (χ4n) is 2.78. The number of nitrogens with one attached hydrogen (secondary N) is 1. The monoisotopic (exact) mass is 453 g/mol. The molecule has 0 bridgehead atoms. The summed E-state index contributed by atoms with van der Waals surface area (Å²) in [4.78, 5) is 0. The van der Waals surface area contributed by atoms with Gasteiger partial charge in [-0.3, -0.25) is 0 Å². The molecule has 3 aromatic carbocycles. The summed E-state index contributed by atoms with van der Waals surface area (Å²) in [5, 5.41) is 14.3. The Hall–Kier alpha value is -3.20. The molecule has 3 rings (SSSR count). The Labute approximate surface area is 191 Å². The third kappa shape index (κ3) is 6.39. The molecule has 7 heteroatoms. The number of halogens is 2. The fourth-order valence-corrected chi connectivity index (χ4v) is 3.31. The molecule has 0 aliphatic carbocycles. The summed E-state index contributed by atoms with van der Waals surface area (Å²) >= 11 is 12.3. The van der Waals surface area contributed by atoms with Crippen molar-refractivity contribution in [1.82, 2.24) is 5.43 Å². The Balaban J connectivity index is 1.63. The molecule has 5 nitrogen and oxygen atoms in total. The largest absolute Gasteiger partial charge is 0.490 e. The molecule has 0 spiro atoms. The molecule has 1 N–H and O–H groups in total. The Bertz CT molecular complexity index is 1070. The van der Waals surface area contributed by atoms with Gasteiger partial charge in [-0.1, -0.05) is 41.4 Å². The smallest absolute Gasteiger partial charge is 0.161 e. The van der Waals surface area contributed by atoms with Crippen LogP contribution < -0.4 is 14.9 Å². The van der Waals surface area contributed by atoms with Crippen LogP contribution >= 0.6 is 23.2 Å². The number of benzene rings is 3. The van der Waals surface area contributed by atoms with Crippen LogP contribution in [0.4, 0.5) is 0 Å². The van der Waals surface area contributed by atoms with Crippen molar-refractivity contribution in [1.29, 1.82) is 5.26 Å². The summed E-state index contributed by atoms with van der Waals surface area (Å²) in [5.41, 5.74) is 6.19. The number of ether oxygens (including phenoxy) is 2. The Morgan fingerprint density at radius 2 is 1.74 bits per heavy atom. The van der Waals surface area contributed by atoms with E-state index in [-0.39, 0.29) is 0 Å². The van der Waals surface area contributed by atoms with Crippen molar-refractivity contribution < 1.29 is 9.47 Å². The van der Waals surface area contributed by atoms with Crippen LogP contribution in [0.5, 0.6) is 11.5 Å². The Kier molecular flexibility index (Phi) is 8.17. The molecular formula is C24H21Cl2N3O2. The number of hydrogen-bond donors (Lipinski definition) is 1. The molecule has 0 saturated carbocycles. The van der Waals surface area contributed by atoms with Gasteiger partial charge in [-0.05, 0) is 60.5 Å². The maximum atomic E-state index is 8.89. The third-order valence-corrected chi connectivity index (χ3v) is 5.08. The number of rotatable bonds is 9. The number of hydrogen-bond acceptors (Lipinski definition) is 5. The molecule has 0 aromatic heterocycles. The number of nitriles is 1. The molecule has 3 aromatic rings. The lowest BCUT2D eigenvalue weighted by Gasteiger charge is -2.13. The lowest BCUT2D eigenvalue weighted by Crippen LogP contribution is -2.07. The maximum Gasteiger partial charge on any atom is 0.161 e. The molecule has 0 atom stereocenters. The second-order valence-corrected chi connectivity index (χ2v) is 7.34. The summed E-state index contributed by atoms with van der Waals surface area (Å²) in [6.07, 6.45) is 1.69. The molecule has 0 saturated heterocycles. The van der Waals surface area contributed by atoms with Crippen LogP contribution in [0.1, 0.15) is 29.2 Å². The molecule has 0 unspecified atom stereocenters. The Morgan fingerprint density at radius 3 is 2.42 bits per heavy atom. The van der Waals surface area contributed by atoms with Gasteiger partial charge < -0.3 is 14.9 Å². The lowest BCUT2D eigenvalue weighted by molar-refractivity contribution is 0.269. The van der Waals surface area contributed by atoms with E-state index < -0.39 is 0 Å². The van der Waals surface area contributed by atoms with E-state index in [1.165, 1.54) is 0 Å². The highest BCUT2D eigenvalue weighted by Crippen LogP contribution is 2.29. The standard InChI is InChI=1S/C24H21Cl2N3O2/c1-2-30-24-12-19(14-28-29-15-20-21(25)4-3-5-22(20)26)10-11-23(24)31-16-18-8-6-17(13-27)7-9-18/h3-12,14,29H,2,15-16H2,1H3/b28-14+. The maximum absolute atomic E-state index is 8.89. The van der Waals surface area contributed by atoms with Gasteiger partial charge in [-0.2, -0.15) is 10.4 Å². The fraction of sp³-hybridized carbons (Fsp3) is 0.167. The highest BCUT2D eigenvalue weighted by Gasteiger charge is 2.07. The van der Waals surface area contributed by atoms with Gasteiger partial charge in [0.1, 0.15) is 6.61 Å². The van der Waals surface area contributed by atoms with E-state index in [2.05, 4.69) is 16.6 Å². The highest BCUT2D eigenvalue weighted by molar-refractivity contribution is 6.35. The van der Waals surface area contributed by atoms with E-state index in [4.69, 9.17) is 37.9 Å². The SMILES string of the molecule is CCOc1cc(/C=N/NCc2c(Cl)cccc2Cl)ccc1OCc1ccc(C#N)cc1. The van der Waals surface area contributed by atoms with Crippen molar-refractivity contribution in [3.05, 3.63) is 93.0 Å². The van der Waals surface area contributed by atoms with Crippen LogP contribution in [-0.2, 0) is 13.2 Å². The van der Waals surface area contributed by atoms with Crippen LogP contribution in [0.25, 0.3) is 0 Å². The molecule has 0 heterocycles. The van der Waals surface area contributed by atoms with Crippen LogP contribution in [0.15, 0.2) is 65.8 Å². The summed E-state index contributed by atoms with van der Waals surface area (Å²) in [5.74, 6) is 1.27. The predicted molar refractivity (Wildman–Crippen MR) is 124 cm³/mol. The summed E-state index contributed by atoms with van der Waals surface area (Å²) in [7, 11) is 0. The van der Waals surface area contributed by atoms with Crippen LogP contribution in [0.3, 0.4) is 0 Å². The van der Waals surface area contributed by atoms with Crippen LogP contribution in [0, 0.1) is 11.3 Å². The summed E-state index contributed by atoms with van der Waals surface area (Å²) in [6, 6.07) is 20.4. The molecule has 31 heavy (non-hydrogen) atoms. The van der Waals surface area contributed by atoms with Gasteiger partial charge in [-0.25, -0.2) is 0 Å². The highest BCUT2D eigenvalue weighted by atomic mass is 35.5. The Morgan fingerprint density at radius 1 is 1.00 bits per heavy atom. The molecule has 0 amide bonds. The van der Waals surface area contributed by atoms with Crippen molar-refractivity contribution in [3.63, 3.8) is 0 Å². The van der Waals surface area contributed by atoms with Gasteiger partial charge in [-0.15, -0.1) is 0 Å². The van der Waals surface area contributed by atoms with E-state index in [1.807, 2.05) is 37.3 Å². The minimum Gasteiger partial charge on any atom is -0.490 e. The first-order chi connectivity index (χ1) is 15.1. The topological polar surface area (TPSA) is 66.6 Å². The second-order valence-electron chi connectivity index (χ2n) is 6.53. The van der Waals surface area contributed by atoms with Crippen molar-refractivity contribution in [2.45, 2.75) is 20.1 Å². The quantitative estimate of drug-likeness (QED) is 0.320. The number of nitrogens with zero attached hydrogens (tertiary/aromatic N) is 2. The molecule has 0 aliphatic rings. The van der Waals surface area contributed by atoms with Gasteiger partial charge in [0.25, 0.3) is 0 Å². The van der Waals surface area contributed by atoms with Crippen molar-refractivity contribution in [2.75, 3.05) is 6.61 Å². The van der Waals surface area contributed by atoms with Crippen LogP contribution in [-0.4, -0.2) is 12.8 Å². The van der Waals surface area contributed by atoms with Gasteiger partial charge in [0.05, 0.1) is 31.0 Å². The first-order valence-electron chi connectivity index (χ1n) is 9.68. The van der Waals surface area contributed by atoms with E-state index in [9.17, 15) is 0 Å². The zero-order valence-electron chi connectivity index (χ0n) is 16.9. The first-order valence-corrected chi connectivity index (χ1v) is 10.4. The van der Waals surface area contributed by atoms with Crippen molar-refractivity contribution in [2.24, 2.45) is 5.10 Å². The van der Waals surface area contributed by atoms with Crippen molar-refractivity contribution >= 4 is 29.4 Å². The van der Waals surface area contributed by atoms with E-state index in [1.54, 1.807) is 36.5 Å².